The number of methoxy groups -OCH3 is 1. The second-order valence-electron chi connectivity index (χ2n) is 6.62. The van der Waals surface area contributed by atoms with Gasteiger partial charge in [-0.3, -0.25) is 14.4 Å². The Morgan fingerprint density at radius 3 is 2.37 bits per heavy atom. The van der Waals surface area contributed by atoms with Crippen molar-refractivity contribution in [1.82, 2.24) is 0 Å². The summed E-state index contributed by atoms with van der Waals surface area (Å²) >= 11 is 0. The SMILES string of the molecule is COc1cc2c(cc1NS(C)(=O)=O)OC(C)(C)C(=O)N2c1ccc(F)cc1. The highest BCUT2D eigenvalue weighted by atomic mass is 32.2. The van der Waals surface area contributed by atoms with Crippen LogP contribution in [0.3, 0.4) is 0 Å². The van der Waals surface area contributed by atoms with Gasteiger partial charge in [-0.25, -0.2) is 12.8 Å². The first kappa shape index (κ1) is 19.0. The number of hydrogen-bond acceptors (Lipinski definition) is 5. The van der Waals surface area contributed by atoms with E-state index >= 15 is 0 Å². The molecule has 0 spiro atoms. The van der Waals surface area contributed by atoms with E-state index < -0.39 is 21.4 Å². The predicted molar refractivity (Wildman–Crippen MR) is 99.7 cm³/mol. The molecule has 0 atom stereocenters. The van der Waals surface area contributed by atoms with Gasteiger partial charge in [0, 0.05) is 17.8 Å². The van der Waals surface area contributed by atoms with Crippen LogP contribution in [0.5, 0.6) is 11.5 Å². The average molecular weight is 394 g/mol. The van der Waals surface area contributed by atoms with Gasteiger partial charge in [-0.2, -0.15) is 0 Å². The molecule has 1 heterocycles. The Hall–Kier alpha value is -2.81. The molecule has 0 fully saturated rings. The van der Waals surface area contributed by atoms with E-state index in [-0.39, 0.29) is 23.1 Å². The van der Waals surface area contributed by atoms with Crippen molar-refractivity contribution in [3.8, 4) is 11.5 Å². The van der Waals surface area contributed by atoms with Crippen molar-refractivity contribution in [3.05, 3.63) is 42.2 Å². The van der Waals surface area contributed by atoms with E-state index in [0.717, 1.165) is 6.26 Å². The maximum Gasteiger partial charge on any atom is 0.275 e. The molecule has 27 heavy (non-hydrogen) atoms. The van der Waals surface area contributed by atoms with Gasteiger partial charge in [0.25, 0.3) is 5.91 Å². The zero-order chi connectivity index (χ0) is 20.0. The van der Waals surface area contributed by atoms with Gasteiger partial charge in [0.05, 0.1) is 24.7 Å². The van der Waals surface area contributed by atoms with Crippen LogP contribution in [-0.2, 0) is 14.8 Å². The third-order valence-electron chi connectivity index (χ3n) is 3.99. The van der Waals surface area contributed by atoms with E-state index in [1.807, 2.05) is 0 Å². The summed E-state index contributed by atoms with van der Waals surface area (Å²) in [7, 11) is -2.17. The molecule has 1 amide bonds. The van der Waals surface area contributed by atoms with Crippen molar-refractivity contribution in [2.24, 2.45) is 0 Å². The van der Waals surface area contributed by atoms with E-state index in [9.17, 15) is 17.6 Å². The first-order chi connectivity index (χ1) is 12.5. The summed E-state index contributed by atoms with van der Waals surface area (Å²) in [6.07, 6.45) is 1.02. The highest BCUT2D eigenvalue weighted by Crippen LogP contribution is 2.46. The topological polar surface area (TPSA) is 84.9 Å². The molecule has 0 aromatic heterocycles. The molecule has 0 radical (unpaired) electrons. The zero-order valence-corrected chi connectivity index (χ0v) is 16.1. The number of ether oxygens (including phenoxy) is 2. The van der Waals surface area contributed by atoms with Crippen LogP contribution in [-0.4, -0.2) is 33.3 Å². The third kappa shape index (κ3) is 3.68. The fourth-order valence-electron chi connectivity index (χ4n) is 2.80. The van der Waals surface area contributed by atoms with Crippen LogP contribution in [0.15, 0.2) is 36.4 Å². The summed E-state index contributed by atoms with van der Waals surface area (Å²) in [4.78, 5) is 14.4. The molecule has 0 aliphatic carbocycles. The van der Waals surface area contributed by atoms with Gasteiger partial charge in [0.15, 0.2) is 5.60 Å². The van der Waals surface area contributed by atoms with Crippen LogP contribution in [0.4, 0.5) is 21.5 Å². The summed E-state index contributed by atoms with van der Waals surface area (Å²) in [5, 5.41) is 0. The molecule has 7 nitrogen and oxygen atoms in total. The molecule has 2 aromatic rings. The number of carbonyl (C=O) groups excluding carboxylic acids is 1. The molecule has 1 aliphatic rings. The van der Waals surface area contributed by atoms with E-state index in [1.54, 1.807) is 13.8 Å². The minimum absolute atomic E-state index is 0.183. The number of nitrogens with one attached hydrogen (secondary N) is 1. The largest absolute Gasteiger partial charge is 0.494 e. The van der Waals surface area contributed by atoms with Crippen molar-refractivity contribution in [3.63, 3.8) is 0 Å². The smallest absolute Gasteiger partial charge is 0.275 e. The normalized spacial score (nSPS) is 15.7. The van der Waals surface area contributed by atoms with Gasteiger partial charge in [0.2, 0.25) is 10.0 Å². The highest BCUT2D eigenvalue weighted by molar-refractivity contribution is 7.92. The van der Waals surface area contributed by atoms with Crippen LogP contribution in [0.2, 0.25) is 0 Å². The number of hydrogen-bond donors (Lipinski definition) is 1. The van der Waals surface area contributed by atoms with Gasteiger partial charge in [0.1, 0.15) is 17.3 Å². The number of benzene rings is 2. The number of anilines is 3. The Bertz CT molecular complexity index is 1000. The molecular formula is C18H19FN2O5S. The Balaban J connectivity index is 2.21. The number of fused-ring (bicyclic) bond motifs is 1. The van der Waals surface area contributed by atoms with Crippen LogP contribution < -0.4 is 19.1 Å². The summed E-state index contributed by atoms with van der Waals surface area (Å²) in [5.74, 6) is -0.282. The molecule has 144 valence electrons. The highest BCUT2D eigenvalue weighted by Gasteiger charge is 2.42. The summed E-state index contributed by atoms with van der Waals surface area (Å²) in [6, 6.07) is 8.42. The first-order valence-corrected chi connectivity index (χ1v) is 9.90. The Morgan fingerprint density at radius 1 is 1.19 bits per heavy atom. The molecule has 3 rings (SSSR count). The molecule has 0 saturated heterocycles. The van der Waals surface area contributed by atoms with Crippen LogP contribution in [0.25, 0.3) is 0 Å². The first-order valence-electron chi connectivity index (χ1n) is 8.01. The quantitative estimate of drug-likeness (QED) is 0.862. The van der Waals surface area contributed by atoms with E-state index in [4.69, 9.17) is 9.47 Å². The number of carbonyl (C=O) groups is 1. The van der Waals surface area contributed by atoms with E-state index in [0.29, 0.717) is 11.4 Å². The van der Waals surface area contributed by atoms with Gasteiger partial charge in [-0.1, -0.05) is 0 Å². The van der Waals surface area contributed by atoms with Crippen molar-refractivity contribution in [2.75, 3.05) is 23.0 Å². The molecular weight excluding hydrogens is 375 g/mol. The number of rotatable bonds is 4. The van der Waals surface area contributed by atoms with Crippen LogP contribution >= 0.6 is 0 Å². The third-order valence-corrected chi connectivity index (χ3v) is 4.58. The second-order valence-corrected chi connectivity index (χ2v) is 8.37. The number of nitrogens with zero attached hydrogens (tertiary/aromatic N) is 1. The maximum absolute atomic E-state index is 13.3. The van der Waals surface area contributed by atoms with Crippen LogP contribution in [0.1, 0.15) is 13.8 Å². The Morgan fingerprint density at radius 2 is 1.81 bits per heavy atom. The fourth-order valence-corrected chi connectivity index (χ4v) is 3.36. The minimum atomic E-state index is -3.55. The Labute approximate surface area is 156 Å². The van der Waals surface area contributed by atoms with Crippen molar-refractivity contribution in [2.45, 2.75) is 19.4 Å². The predicted octanol–water partition coefficient (Wildman–Crippen LogP) is 3.04. The number of amides is 1. The summed E-state index contributed by atoms with van der Waals surface area (Å²) in [5.41, 5.74) is -0.215. The van der Waals surface area contributed by atoms with Gasteiger partial charge < -0.3 is 9.47 Å². The minimum Gasteiger partial charge on any atom is -0.494 e. The lowest BCUT2D eigenvalue weighted by Gasteiger charge is -2.39. The maximum atomic E-state index is 13.3. The van der Waals surface area contributed by atoms with E-state index in [1.165, 1.54) is 48.4 Å². The lowest BCUT2D eigenvalue weighted by Crippen LogP contribution is -2.50. The van der Waals surface area contributed by atoms with Crippen molar-refractivity contribution < 1.29 is 27.1 Å². The van der Waals surface area contributed by atoms with Gasteiger partial charge >= 0.3 is 0 Å². The second kappa shape index (κ2) is 6.41. The lowest BCUT2D eigenvalue weighted by molar-refractivity contribution is -0.131. The molecule has 1 N–H and O–H groups in total. The fraction of sp³-hybridized carbons (Fsp3) is 0.278. The molecule has 9 heteroatoms. The lowest BCUT2D eigenvalue weighted by atomic mass is 10.0. The van der Waals surface area contributed by atoms with Crippen molar-refractivity contribution >= 4 is 33.0 Å². The molecule has 0 bridgehead atoms. The number of sulfonamides is 1. The van der Waals surface area contributed by atoms with Crippen LogP contribution in [0, 0.1) is 5.82 Å². The zero-order valence-electron chi connectivity index (χ0n) is 15.2. The Kier molecular flexibility index (Phi) is 4.51. The number of halogens is 1. The average Bonchev–Trinajstić information content (AvgIpc) is 2.55. The molecule has 2 aromatic carbocycles. The standard InChI is InChI=1S/C18H19FN2O5S/c1-18(2)17(22)21(12-7-5-11(19)6-8-12)14-10-15(25-3)13(9-16(14)26-18)20-27(4,23)24/h5-10,20H,1-4H3. The monoisotopic (exact) mass is 394 g/mol. The van der Waals surface area contributed by atoms with E-state index in [2.05, 4.69) is 4.72 Å². The summed E-state index contributed by atoms with van der Waals surface area (Å²) < 4.78 is 50.0. The molecule has 1 aliphatic heterocycles. The van der Waals surface area contributed by atoms with Crippen molar-refractivity contribution in [1.29, 1.82) is 0 Å². The van der Waals surface area contributed by atoms with Gasteiger partial charge in [-0.15, -0.1) is 0 Å². The summed E-state index contributed by atoms with van der Waals surface area (Å²) in [6.45, 7) is 3.20. The van der Waals surface area contributed by atoms with Gasteiger partial charge in [-0.05, 0) is 38.1 Å². The molecule has 0 unspecified atom stereocenters. The molecule has 0 saturated carbocycles.